The molecule has 1 aromatic carbocycles. The first-order chi connectivity index (χ1) is 16.4. The number of carbonyl (C=O) groups excluding carboxylic acids is 3. The molecule has 8 heteroatoms. The van der Waals surface area contributed by atoms with Crippen molar-refractivity contribution in [2.45, 2.75) is 51.6 Å². The summed E-state index contributed by atoms with van der Waals surface area (Å²) in [5.74, 6) is -0.651. The number of rotatable bonds is 8. The van der Waals surface area contributed by atoms with Gasteiger partial charge in [0.05, 0.1) is 17.7 Å². The fourth-order valence-electron chi connectivity index (χ4n) is 4.40. The summed E-state index contributed by atoms with van der Waals surface area (Å²) in [6, 6.07) is 11.7. The lowest BCUT2D eigenvalue weighted by atomic mass is 10.0. The van der Waals surface area contributed by atoms with E-state index in [0.29, 0.717) is 16.3 Å². The highest BCUT2D eigenvalue weighted by molar-refractivity contribution is 7.12. The second kappa shape index (κ2) is 10.7. The molecule has 0 radical (unpaired) electrons. The number of carbonyl (C=O) groups is 3. The number of thiophene rings is 1. The predicted octanol–water partition coefficient (Wildman–Crippen LogP) is 4.52. The van der Waals surface area contributed by atoms with E-state index in [0.717, 1.165) is 36.8 Å². The largest absolute Gasteiger partial charge is 0.467 e. The molecule has 1 atom stereocenters. The maximum atomic E-state index is 13.6. The van der Waals surface area contributed by atoms with Crippen LogP contribution in [0.5, 0.6) is 0 Å². The van der Waals surface area contributed by atoms with Crippen molar-refractivity contribution in [3.63, 3.8) is 0 Å². The first kappa shape index (κ1) is 23.8. The van der Waals surface area contributed by atoms with Crippen LogP contribution in [0.25, 0.3) is 0 Å². The summed E-state index contributed by atoms with van der Waals surface area (Å²) < 4.78 is 5.64. The number of amides is 3. The lowest BCUT2D eigenvalue weighted by molar-refractivity contribution is -0.127. The van der Waals surface area contributed by atoms with Crippen LogP contribution in [0.1, 0.15) is 58.3 Å². The van der Waals surface area contributed by atoms with Gasteiger partial charge in [-0.3, -0.25) is 19.3 Å². The van der Waals surface area contributed by atoms with Gasteiger partial charge in [-0.15, -0.1) is 11.3 Å². The molecule has 1 saturated carbocycles. The fraction of sp³-hybridized carbons (Fsp3) is 0.346. The molecule has 0 saturated heterocycles. The van der Waals surface area contributed by atoms with E-state index in [1.165, 1.54) is 22.5 Å². The fourth-order valence-corrected chi connectivity index (χ4v) is 5.04. The lowest BCUT2D eigenvalue weighted by Crippen LogP contribution is -2.49. The number of hydrogen-bond acceptors (Lipinski definition) is 5. The van der Waals surface area contributed by atoms with Gasteiger partial charge < -0.3 is 15.1 Å². The number of aryl methyl sites for hydroxylation is 2. The predicted molar refractivity (Wildman–Crippen MR) is 132 cm³/mol. The summed E-state index contributed by atoms with van der Waals surface area (Å²) in [5, 5.41) is 7.61. The molecule has 0 unspecified atom stereocenters. The Morgan fingerprint density at radius 2 is 1.91 bits per heavy atom. The minimum absolute atomic E-state index is 0.0829. The second-order valence-electron chi connectivity index (χ2n) is 8.62. The van der Waals surface area contributed by atoms with Crippen LogP contribution in [-0.2, 0) is 9.59 Å². The Hall–Kier alpha value is -3.39. The van der Waals surface area contributed by atoms with Crippen LogP contribution in [0.15, 0.2) is 58.5 Å². The van der Waals surface area contributed by atoms with E-state index in [4.69, 9.17) is 4.42 Å². The smallest absolute Gasteiger partial charge is 0.261 e. The van der Waals surface area contributed by atoms with Crippen molar-refractivity contribution in [2.75, 3.05) is 11.4 Å². The average molecular weight is 480 g/mol. The third-order valence-corrected chi connectivity index (χ3v) is 6.92. The summed E-state index contributed by atoms with van der Waals surface area (Å²) in [6.45, 7) is 3.62. The minimum Gasteiger partial charge on any atom is -0.467 e. The van der Waals surface area contributed by atoms with Crippen LogP contribution in [0, 0.1) is 13.8 Å². The first-order valence-electron chi connectivity index (χ1n) is 11.5. The second-order valence-corrected chi connectivity index (χ2v) is 9.57. The Balaban J connectivity index is 1.67. The Morgan fingerprint density at radius 3 is 2.56 bits per heavy atom. The highest BCUT2D eigenvalue weighted by Crippen LogP contribution is 2.32. The van der Waals surface area contributed by atoms with E-state index in [1.54, 1.807) is 29.6 Å². The number of nitrogens with zero attached hydrogens (tertiary/aromatic N) is 1. The normalized spacial score (nSPS) is 14.5. The molecule has 2 aromatic heterocycles. The molecule has 34 heavy (non-hydrogen) atoms. The van der Waals surface area contributed by atoms with Crippen molar-refractivity contribution < 1.29 is 18.8 Å². The van der Waals surface area contributed by atoms with E-state index >= 15 is 0 Å². The number of nitrogens with one attached hydrogen (secondary N) is 2. The molecular weight excluding hydrogens is 450 g/mol. The standard InChI is InChI=1S/C26H29N3O4S/c1-17-11-12-20(18(2)15-17)29(23(30)16-27-25(31)22-10-6-14-34-22)24(21-9-5-13-33-21)26(32)28-19-7-3-4-8-19/h5-6,9-15,19,24H,3-4,7-8,16H2,1-2H3,(H,27,31)(H,28,32)/t24-/m1/s1. The van der Waals surface area contributed by atoms with E-state index < -0.39 is 11.9 Å². The number of benzene rings is 1. The van der Waals surface area contributed by atoms with Gasteiger partial charge in [0.2, 0.25) is 5.91 Å². The van der Waals surface area contributed by atoms with E-state index in [9.17, 15) is 14.4 Å². The van der Waals surface area contributed by atoms with Gasteiger partial charge in [-0.2, -0.15) is 0 Å². The molecule has 4 rings (SSSR count). The summed E-state index contributed by atoms with van der Waals surface area (Å²) in [4.78, 5) is 41.6. The van der Waals surface area contributed by atoms with E-state index in [2.05, 4.69) is 10.6 Å². The van der Waals surface area contributed by atoms with Crippen LogP contribution in [0.2, 0.25) is 0 Å². The molecule has 0 bridgehead atoms. The van der Waals surface area contributed by atoms with Crippen LogP contribution < -0.4 is 15.5 Å². The van der Waals surface area contributed by atoms with Gasteiger partial charge in [-0.1, -0.05) is 36.6 Å². The summed E-state index contributed by atoms with van der Waals surface area (Å²) in [5.41, 5.74) is 2.50. The quantitative estimate of drug-likeness (QED) is 0.497. The topological polar surface area (TPSA) is 91.7 Å². The van der Waals surface area contributed by atoms with Crippen LogP contribution in [-0.4, -0.2) is 30.3 Å². The van der Waals surface area contributed by atoms with Crippen molar-refractivity contribution in [1.82, 2.24) is 10.6 Å². The molecule has 2 N–H and O–H groups in total. The molecule has 3 amide bonds. The van der Waals surface area contributed by atoms with Crippen LogP contribution >= 0.6 is 11.3 Å². The van der Waals surface area contributed by atoms with Crippen LogP contribution in [0.4, 0.5) is 5.69 Å². The average Bonchev–Trinajstić information content (AvgIpc) is 3.59. The van der Waals surface area contributed by atoms with Crippen molar-refractivity contribution in [1.29, 1.82) is 0 Å². The zero-order chi connectivity index (χ0) is 24.1. The molecule has 3 aromatic rings. The molecule has 0 spiro atoms. The zero-order valence-corrected chi connectivity index (χ0v) is 20.2. The summed E-state index contributed by atoms with van der Waals surface area (Å²) in [7, 11) is 0. The van der Waals surface area contributed by atoms with Gasteiger partial charge in [0.1, 0.15) is 5.76 Å². The number of hydrogen-bond donors (Lipinski definition) is 2. The Labute approximate surface area is 203 Å². The first-order valence-corrected chi connectivity index (χ1v) is 12.4. The monoisotopic (exact) mass is 479 g/mol. The van der Waals surface area contributed by atoms with Gasteiger partial charge in [0, 0.05) is 11.7 Å². The third kappa shape index (κ3) is 5.39. The maximum Gasteiger partial charge on any atom is 0.261 e. The molecule has 178 valence electrons. The number of anilines is 1. The SMILES string of the molecule is Cc1ccc(N(C(=O)CNC(=O)c2cccs2)[C@@H](C(=O)NC2CCCC2)c2ccco2)c(C)c1. The Kier molecular flexibility index (Phi) is 7.47. The number of furan rings is 1. The van der Waals surface area contributed by atoms with Gasteiger partial charge in [-0.05, 0) is 61.9 Å². The van der Waals surface area contributed by atoms with Crippen LogP contribution in [0.3, 0.4) is 0 Å². The molecule has 1 aliphatic rings. The Morgan fingerprint density at radius 1 is 1.12 bits per heavy atom. The zero-order valence-electron chi connectivity index (χ0n) is 19.4. The molecule has 2 heterocycles. The summed E-state index contributed by atoms with van der Waals surface area (Å²) >= 11 is 1.30. The van der Waals surface area contributed by atoms with Crippen molar-refractivity contribution >= 4 is 34.7 Å². The van der Waals surface area contributed by atoms with Crippen molar-refractivity contribution in [2.24, 2.45) is 0 Å². The van der Waals surface area contributed by atoms with Gasteiger partial charge in [0.15, 0.2) is 6.04 Å². The maximum absolute atomic E-state index is 13.6. The van der Waals surface area contributed by atoms with Gasteiger partial charge in [-0.25, -0.2) is 0 Å². The van der Waals surface area contributed by atoms with Gasteiger partial charge >= 0.3 is 0 Å². The molecule has 0 aliphatic heterocycles. The minimum atomic E-state index is -0.997. The van der Waals surface area contributed by atoms with Crippen molar-refractivity contribution in [3.8, 4) is 0 Å². The Bertz CT molecular complexity index is 1140. The highest BCUT2D eigenvalue weighted by atomic mass is 32.1. The summed E-state index contributed by atoms with van der Waals surface area (Å²) in [6.07, 6.45) is 5.49. The molecular formula is C26H29N3O4S. The van der Waals surface area contributed by atoms with E-state index in [-0.39, 0.29) is 24.4 Å². The molecule has 1 fully saturated rings. The molecule has 7 nitrogen and oxygen atoms in total. The highest BCUT2D eigenvalue weighted by Gasteiger charge is 2.36. The van der Waals surface area contributed by atoms with Gasteiger partial charge in [0.25, 0.3) is 11.8 Å². The van der Waals surface area contributed by atoms with E-state index in [1.807, 2.05) is 32.0 Å². The third-order valence-electron chi connectivity index (χ3n) is 6.05. The van der Waals surface area contributed by atoms with Crippen molar-refractivity contribution in [3.05, 3.63) is 75.9 Å². The molecule has 1 aliphatic carbocycles. The lowest BCUT2D eigenvalue weighted by Gasteiger charge is -2.32.